The molecule has 16 heavy (non-hydrogen) atoms. The van der Waals surface area contributed by atoms with Gasteiger partial charge in [-0.3, -0.25) is 0 Å². The van der Waals surface area contributed by atoms with Crippen molar-refractivity contribution in [2.45, 2.75) is 18.8 Å². The number of phenolic OH excluding ortho intramolecular Hbond substituents is 1. The molecule has 2 rings (SSSR count). The van der Waals surface area contributed by atoms with Gasteiger partial charge in [0.05, 0.1) is 7.11 Å². The van der Waals surface area contributed by atoms with Crippen LogP contribution in [-0.4, -0.2) is 25.3 Å². The maximum atomic E-state index is 9.78. The first-order valence-corrected chi connectivity index (χ1v) is 6.29. The van der Waals surface area contributed by atoms with Gasteiger partial charge in [0.25, 0.3) is 0 Å². The lowest BCUT2D eigenvalue weighted by Crippen LogP contribution is -2.27. The van der Waals surface area contributed by atoms with Crippen LogP contribution in [0.1, 0.15) is 24.3 Å². The monoisotopic (exact) mass is 285 g/mol. The van der Waals surface area contributed by atoms with Crippen LogP contribution in [0.2, 0.25) is 0 Å². The molecule has 1 aromatic rings. The number of hydrogen-bond acceptors (Lipinski definition) is 3. The van der Waals surface area contributed by atoms with Crippen LogP contribution in [0, 0.1) is 0 Å². The van der Waals surface area contributed by atoms with Crippen LogP contribution in [0.15, 0.2) is 16.6 Å². The first-order chi connectivity index (χ1) is 7.74. The van der Waals surface area contributed by atoms with Crippen molar-refractivity contribution in [1.82, 2.24) is 5.32 Å². The molecule has 0 spiro atoms. The summed E-state index contributed by atoms with van der Waals surface area (Å²) in [5, 5.41) is 13.1. The lowest BCUT2D eigenvalue weighted by molar-refractivity contribution is 0.358. The highest BCUT2D eigenvalue weighted by Gasteiger charge is 2.23. The van der Waals surface area contributed by atoms with Gasteiger partial charge in [0, 0.05) is 10.0 Å². The molecule has 0 saturated carbocycles. The Morgan fingerprint density at radius 3 is 2.69 bits per heavy atom. The summed E-state index contributed by atoms with van der Waals surface area (Å²) in [4.78, 5) is 0. The minimum absolute atomic E-state index is 0.222. The largest absolute Gasteiger partial charge is 0.504 e. The molecule has 88 valence electrons. The molecule has 0 amide bonds. The summed E-state index contributed by atoms with van der Waals surface area (Å²) in [5.74, 6) is 1.29. The van der Waals surface area contributed by atoms with Gasteiger partial charge in [0.15, 0.2) is 11.5 Å². The van der Waals surface area contributed by atoms with E-state index in [1.165, 1.54) is 0 Å². The molecule has 1 aromatic carbocycles. The second kappa shape index (κ2) is 5.06. The van der Waals surface area contributed by atoms with Gasteiger partial charge in [0.2, 0.25) is 0 Å². The van der Waals surface area contributed by atoms with E-state index in [4.69, 9.17) is 4.74 Å². The number of nitrogens with one attached hydrogen (secondary N) is 1. The van der Waals surface area contributed by atoms with Gasteiger partial charge < -0.3 is 15.2 Å². The van der Waals surface area contributed by atoms with E-state index in [9.17, 15) is 5.11 Å². The zero-order valence-electron chi connectivity index (χ0n) is 9.29. The van der Waals surface area contributed by atoms with Crippen molar-refractivity contribution >= 4 is 15.9 Å². The molecule has 1 aliphatic heterocycles. The average molecular weight is 286 g/mol. The van der Waals surface area contributed by atoms with E-state index in [0.29, 0.717) is 11.7 Å². The molecule has 1 aliphatic rings. The van der Waals surface area contributed by atoms with Gasteiger partial charge in [-0.05, 0) is 44.0 Å². The summed E-state index contributed by atoms with van der Waals surface area (Å²) < 4.78 is 6.33. The summed E-state index contributed by atoms with van der Waals surface area (Å²) in [6.45, 7) is 2.05. The van der Waals surface area contributed by atoms with Gasteiger partial charge in [-0.2, -0.15) is 0 Å². The number of phenols is 1. The Balaban J connectivity index is 2.40. The number of aromatic hydroxyl groups is 1. The van der Waals surface area contributed by atoms with Crippen molar-refractivity contribution in [2.24, 2.45) is 0 Å². The highest BCUT2D eigenvalue weighted by Crippen LogP contribution is 2.42. The number of piperidine rings is 1. The third kappa shape index (κ3) is 2.18. The van der Waals surface area contributed by atoms with Crippen LogP contribution in [0.5, 0.6) is 11.5 Å². The third-order valence-corrected chi connectivity index (χ3v) is 3.77. The highest BCUT2D eigenvalue weighted by molar-refractivity contribution is 9.10. The van der Waals surface area contributed by atoms with Gasteiger partial charge in [0.1, 0.15) is 0 Å². The van der Waals surface area contributed by atoms with Gasteiger partial charge >= 0.3 is 0 Å². The number of rotatable bonds is 2. The van der Waals surface area contributed by atoms with Crippen molar-refractivity contribution in [3.05, 3.63) is 22.2 Å². The lowest BCUT2D eigenvalue weighted by atomic mass is 9.89. The molecule has 0 unspecified atom stereocenters. The van der Waals surface area contributed by atoms with E-state index in [-0.39, 0.29) is 5.75 Å². The predicted octanol–water partition coefficient (Wildman–Crippen LogP) is 2.63. The number of methoxy groups -OCH3 is 1. The van der Waals surface area contributed by atoms with Crippen molar-refractivity contribution in [3.63, 3.8) is 0 Å². The van der Waals surface area contributed by atoms with Crippen LogP contribution >= 0.6 is 15.9 Å². The zero-order chi connectivity index (χ0) is 11.5. The SMILES string of the molecule is COc1c(O)ccc(Br)c1C1CCNCC1. The van der Waals surface area contributed by atoms with E-state index in [2.05, 4.69) is 21.2 Å². The van der Waals surface area contributed by atoms with Crippen LogP contribution in [0.3, 0.4) is 0 Å². The summed E-state index contributed by atoms with van der Waals surface area (Å²) >= 11 is 3.55. The number of halogens is 1. The standard InChI is InChI=1S/C12H16BrNO2/c1-16-12-10(15)3-2-9(13)11(12)8-4-6-14-7-5-8/h2-3,8,14-15H,4-7H2,1H3. The molecule has 0 atom stereocenters. The van der Waals surface area contributed by atoms with E-state index in [1.807, 2.05) is 6.07 Å². The fourth-order valence-corrected chi connectivity index (χ4v) is 2.91. The Kier molecular flexibility index (Phi) is 3.71. The summed E-state index contributed by atoms with van der Waals surface area (Å²) in [6.07, 6.45) is 2.16. The maximum absolute atomic E-state index is 9.78. The molecule has 2 N–H and O–H groups in total. The molecule has 0 bridgehead atoms. The summed E-state index contributed by atoms with van der Waals surface area (Å²) in [7, 11) is 1.60. The Hall–Kier alpha value is -0.740. The number of benzene rings is 1. The van der Waals surface area contributed by atoms with Crippen LogP contribution in [0.25, 0.3) is 0 Å². The minimum Gasteiger partial charge on any atom is -0.504 e. The number of hydrogen-bond donors (Lipinski definition) is 2. The molecule has 3 nitrogen and oxygen atoms in total. The smallest absolute Gasteiger partial charge is 0.165 e. The Morgan fingerprint density at radius 2 is 2.06 bits per heavy atom. The highest BCUT2D eigenvalue weighted by atomic mass is 79.9. The van der Waals surface area contributed by atoms with Gasteiger partial charge in [-0.15, -0.1) is 0 Å². The molecule has 1 saturated heterocycles. The van der Waals surface area contributed by atoms with E-state index in [0.717, 1.165) is 36.0 Å². The van der Waals surface area contributed by atoms with Crippen molar-refractivity contribution in [2.75, 3.05) is 20.2 Å². The van der Waals surface area contributed by atoms with E-state index in [1.54, 1.807) is 13.2 Å². The molecule has 1 heterocycles. The molecular formula is C12H16BrNO2. The first kappa shape index (κ1) is 11.7. The normalized spacial score (nSPS) is 17.4. The minimum atomic E-state index is 0.222. The second-order valence-electron chi connectivity index (χ2n) is 4.04. The molecule has 0 radical (unpaired) electrons. The van der Waals surface area contributed by atoms with Crippen molar-refractivity contribution in [1.29, 1.82) is 0 Å². The second-order valence-corrected chi connectivity index (χ2v) is 4.89. The average Bonchev–Trinajstić information content (AvgIpc) is 2.33. The fourth-order valence-electron chi connectivity index (χ4n) is 2.27. The maximum Gasteiger partial charge on any atom is 0.165 e. The first-order valence-electron chi connectivity index (χ1n) is 5.50. The Labute approximate surface area is 104 Å². The molecule has 4 heteroatoms. The molecule has 1 fully saturated rings. The number of ether oxygens (including phenoxy) is 1. The zero-order valence-corrected chi connectivity index (χ0v) is 10.9. The van der Waals surface area contributed by atoms with Crippen LogP contribution in [0.4, 0.5) is 0 Å². The Morgan fingerprint density at radius 1 is 1.38 bits per heavy atom. The third-order valence-electron chi connectivity index (χ3n) is 3.07. The molecular weight excluding hydrogens is 270 g/mol. The molecule has 0 aliphatic carbocycles. The summed E-state index contributed by atoms with van der Waals surface area (Å²) in [5.41, 5.74) is 1.10. The van der Waals surface area contributed by atoms with E-state index < -0.39 is 0 Å². The summed E-state index contributed by atoms with van der Waals surface area (Å²) in [6, 6.07) is 3.54. The van der Waals surface area contributed by atoms with Crippen LogP contribution in [-0.2, 0) is 0 Å². The van der Waals surface area contributed by atoms with Crippen LogP contribution < -0.4 is 10.1 Å². The van der Waals surface area contributed by atoms with Gasteiger partial charge in [-0.25, -0.2) is 0 Å². The predicted molar refractivity (Wildman–Crippen MR) is 67.2 cm³/mol. The van der Waals surface area contributed by atoms with Crippen molar-refractivity contribution in [3.8, 4) is 11.5 Å². The fraction of sp³-hybridized carbons (Fsp3) is 0.500. The van der Waals surface area contributed by atoms with Crippen molar-refractivity contribution < 1.29 is 9.84 Å². The molecule has 0 aromatic heterocycles. The Bertz CT molecular complexity index is 376. The van der Waals surface area contributed by atoms with Gasteiger partial charge in [-0.1, -0.05) is 15.9 Å². The topological polar surface area (TPSA) is 41.5 Å². The lowest BCUT2D eigenvalue weighted by Gasteiger charge is -2.25. The quantitative estimate of drug-likeness (QED) is 0.878. The van der Waals surface area contributed by atoms with E-state index >= 15 is 0 Å².